The molecule has 2 fully saturated rings. The highest BCUT2D eigenvalue weighted by atomic mass is 32.2. The second-order valence-electron chi connectivity index (χ2n) is 9.05. The number of thioether (sulfide) groups is 1. The second kappa shape index (κ2) is 11.8. The van der Waals surface area contributed by atoms with E-state index in [2.05, 4.69) is 43.3 Å². The smallest absolute Gasteiger partial charge is 0.266 e. The molecule has 34 heavy (non-hydrogen) atoms. The molecule has 6 heteroatoms. The van der Waals surface area contributed by atoms with Crippen molar-refractivity contribution in [3.63, 3.8) is 0 Å². The summed E-state index contributed by atoms with van der Waals surface area (Å²) in [7, 11) is 0. The van der Waals surface area contributed by atoms with Crippen LogP contribution in [-0.4, -0.2) is 45.6 Å². The van der Waals surface area contributed by atoms with E-state index in [-0.39, 0.29) is 11.8 Å². The van der Waals surface area contributed by atoms with Gasteiger partial charge in [-0.15, -0.1) is 0 Å². The molecule has 0 aliphatic carbocycles. The zero-order valence-corrected chi connectivity index (χ0v) is 21.4. The average Bonchev–Trinajstić information content (AvgIpc) is 3.13. The summed E-state index contributed by atoms with van der Waals surface area (Å²) in [6.45, 7) is 4.28. The van der Waals surface area contributed by atoms with Crippen LogP contribution >= 0.6 is 24.0 Å². The van der Waals surface area contributed by atoms with E-state index in [4.69, 9.17) is 12.2 Å². The van der Waals surface area contributed by atoms with Crippen LogP contribution in [0.15, 0.2) is 59.5 Å². The van der Waals surface area contributed by atoms with E-state index < -0.39 is 0 Å². The Labute approximate surface area is 212 Å². The van der Waals surface area contributed by atoms with Crippen LogP contribution in [0.2, 0.25) is 0 Å². The molecule has 0 saturated carbocycles. The van der Waals surface area contributed by atoms with Gasteiger partial charge in [-0.3, -0.25) is 14.5 Å². The quantitative estimate of drug-likeness (QED) is 0.350. The standard InChI is InChI=1S/C28H32N2O2S2/c1-2-21-10-12-23(13-11-21)20-25-27(32)30(28(33)34-25)16-6-9-26(31)29-17-14-24(15-18-29)19-22-7-4-3-5-8-22/h3-5,7-8,10-13,20,24H,2,6,9,14-19H2,1H3/b25-20-. The Morgan fingerprint density at radius 1 is 1.06 bits per heavy atom. The predicted molar refractivity (Wildman–Crippen MR) is 144 cm³/mol. The minimum absolute atomic E-state index is 0.0521. The first kappa shape index (κ1) is 24.7. The molecule has 2 aromatic rings. The van der Waals surface area contributed by atoms with E-state index in [1.807, 2.05) is 29.2 Å². The summed E-state index contributed by atoms with van der Waals surface area (Å²) in [4.78, 5) is 29.9. The summed E-state index contributed by atoms with van der Waals surface area (Å²) < 4.78 is 0.579. The molecule has 0 unspecified atom stereocenters. The van der Waals surface area contributed by atoms with Gasteiger partial charge < -0.3 is 4.90 Å². The van der Waals surface area contributed by atoms with Crippen LogP contribution in [-0.2, 0) is 22.4 Å². The van der Waals surface area contributed by atoms with E-state index in [9.17, 15) is 9.59 Å². The van der Waals surface area contributed by atoms with Gasteiger partial charge in [0, 0.05) is 26.1 Å². The molecule has 0 bridgehead atoms. The Morgan fingerprint density at radius 3 is 2.44 bits per heavy atom. The largest absolute Gasteiger partial charge is 0.343 e. The maximum atomic E-state index is 12.9. The number of benzene rings is 2. The number of hydrogen-bond donors (Lipinski definition) is 0. The van der Waals surface area contributed by atoms with E-state index in [0.29, 0.717) is 34.5 Å². The number of amides is 2. The summed E-state index contributed by atoms with van der Waals surface area (Å²) in [5.41, 5.74) is 3.65. The van der Waals surface area contributed by atoms with E-state index in [1.54, 1.807) is 4.90 Å². The summed E-state index contributed by atoms with van der Waals surface area (Å²) in [6, 6.07) is 18.8. The lowest BCUT2D eigenvalue weighted by Crippen LogP contribution is -2.39. The highest BCUT2D eigenvalue weighted by Crippen LogP contribution is 2.33. The fourth-order valence-electron chi connectivity index (χ4n) is 4.57. The molecule has 0 radical (unpaired) electrons. The Bertz CT molecular complexity index is 1040. The van der Waals surface area contributed by atoms with Gasteiger partial charge in [0.05, 0.1) is 4.91 Å². The van der Waals surface area contributed by atoms with Crippen molar-refractivity contribution in [2.45, 2.75) is 45.4 Å². The number of aryl methyl sites for hydroxylation is 1. The maximum Gasteiger partial charge on any atom is 0.266 e. The van der Waals surface area contributed by atoms with Crippen LogP contribution in [0, 0.1) is 5.92 Å². The van der Waals surface area contributed by atoms with Gasteiger partial charge in [0.2, 0.25) is 5.91 Å². The number of hydrogen-bond acceptors (Lipinski definition) is 4. The summed E-state index contributed by atoms with van der Waals surface area (Å²) >= 11 is 6.80. The van der Waals surface area contributed by atoms with E-state index >= 15 is 0 Å². The number of carbonyl (C=O) groups excluding carboxylic acids is 2. The normalized spacial score (nSPS) is 18.2. The SMILES string of the molecule is CCc1ccc(/C=C2\SC(=S)N(CCCC(=O)N3CCC(Cc4ccccc4)CC3)C2=O)cc1. The minimum Gasteiger partial charge on any atom is -0.343 e. The van der Waals surface area contributed by atoms with Crippen molar-refractivity contribution in [1.29, 1.82) is 0 Å². The minimum atomic E-state index is -0.0521. The number of carbonyl (C=O) groups is 2. The van der Waals surface area contributed by atoms with Gasteiger partial charge in [-0.2, -0.15) is 0 Å². The topological polar surface area (TPSA) is 40.6 Å². The molecule has 0 aromatic heterocycles. The molecular formula is C28H32N2O2S2. The van der Waals surface area contributed by atoms with Crippen molar-refractivity contribution in [3.8, 4) is 0 Å². The van der Waals surface area contributed by atoms with Gasteiger partial charge in [-0.25, -0.2) is 0 Å². The molecule has 4 nitrogen and oxygen atoms in total. The highest BCUT2D eigenvalue weighted by molar-refractivity contribution is 8.26. The van der Waals surface area contributed by atoms with Gasteiger partial charge in [-0.05, 0) is 60.8 Å². The third-order valence-corrected chi connectivity index (χ3v) is 8.04. The first-order valence-corrected chi connectivity index (χ1v) is 13.4. The van der Waals surface area contributed by atoms with E-state index in [0.717, 1.165) is 44.3 Å². The Balaban J connectivity index is 1.21. The molecule has 0 N–H and O–H groups in total. The van der Waals surface area contributed by atoms with Gasteiger partial charge >= 0.3 is 0 Å². The summed E-state index contributed by atoms with van der Waals surface area (Å²) in [5, 5.41) is 0. The summed E-state index contributed by atoms with van der Waals surface area (Å²) in [5.74, 6) is 0.783. The molecule has 2 saturated heterocycles. The second-order valence-corrected chi connectivity index (χ2v) is 10.7. The molecule has 0 spiro atoms. The third kappa shape index (κ3) is 6.36. The fourth-order valence-corrected chi connectivity index (χ4v) is 5.88. The molecule has 2 amide bonds. The lowest BCUT2D eigenvalue weighted by Gasteiger charge is -2.32. The fraction of sp³-hybridized carbons (Fsp3) is 0.393. The Morgan fingerprint density at radius 2 is 1.76 bits per heavy atom. The number of piperidine rings is 1. The first-order chi connectivity index (χ1) is 16.5. The van der Waals surface area contributed by atoms with Crippen LogP contribution < -0.4 is 0 Å². The van der Waals surface area contributed by atoms with E-state index in [1.165, 1.54) is 22.9 Å². The van der Waals surface area contributed by atoms with Gasteiger partial charge in [-0.1, -0.05) is 85.5 Å². The number of nitrogens with zero attached hydrogens (tertiary/aromatic N) is 2. The monoisotopic (exact) mass is 492 g/mol. The van der Waals surface area contributed by atoms with Crippen molar-refractivity contribution in [1.82, 2.24) is 9.80 Å². The lowest BCUT2D eigenvalue weighted by molar-refractivity contribution is -0.133. The zero-order valence-electron chi connectivity index (χ0n) is 19.7. The van der Waals surface area contributed by atoms with Crippen molar-refractivity contribution in [2.75, 3.05) is 19.6 Å². The molecule has 178 valence electrons. The molecule has 2 aliphatic rings. The molecule has 4 rings (SSSR count). The molecule has 2 aromatic carbocycles. The number of likely N-dealkylation sites (tertiary alicyclic amines) is 1. The van der Waals surface area contributed by atoms with Crippen LogP contribution in [0.3, 0.4) is 0 Å². The van der Waals surface area contributed by atoms with Crippen LogP contribution in [0.5, 0.6) is 0 Å². The predicted octanol–water partition coefficient (Wildman–Crippen LogP) is 5.71. The van der Waals surface area contributed by atoms with Gasteiger partial charge in [0.15, 0.2) is 0 Å². The number of thiocarbonyl (C=S) groups is 1. The first-order valence-electron chi connectivity index (χ1n) is 12.2. The van der Waals surface area contributed by atoms with Crippen molar-refractivity contribution < 1.29 is 9.59 Å². The van der Waals surface area contributed by atoms with Crippen LogP contribution in [0.1, 0.15) is 49.3 Å². The maximum absolute atomic E-state index is 12.9. The van der Waals surface area contributed by atoms with Crippen LogP contribution in [0.4, 0.5) is 0 Å². The number of rotatable bonds is 8. The van der Waals surface area contributed by atoms with Gasteiger partial charge in [0.25, 0.3) is 5.91 Å². The van der Waals surface area contributed by atoms with Crippen molar-refractivity contribution in [2.24, 2.45) is 5.92 Å². The molecule has 0 atom stereocenters. The molecule has 2 heterocycles. The summed E-state index contributed by atoms with van der Waals surface area (Å²) in [6.07, 6.45) is 7.19. The lowest BCUT2D eigenvalue weighted by atomic mass is 9.90. The Kier molecular flexibility index (Phi) is 8.57. The average molecular weight is 493 g/mol. The Hall–Kier alpha value is -2.44. The van der Waals surface area contributed by atoms with Crippen molar-refractivity contribution >= 4 is 46.2 Å². The van der Waals surface area contributed by atoms with Crippen LogP contribution in [0.25, 0.3) is 6.08 Å². The third-order valence-electron chi connectivity index (χ3n) is 6.67. The highest BCUT2D eigenvalue weighted by Gasteiger charge is 2.32. The van der Waals surface area contributed by atoms with Crippen molar-refractivity contribution in [3.05, 3.63) is 76.2 Å². The molecule has 2 aliphatic heterocycles. The molecular weight excluding hydrogens is 460 g/mol. The zero-order chi connectivity index (χ0) is 23.9. The van der Waals surface area contributed by atoms with Gasteiger partial charge in [0.1, 0.15) is 4.32 Å².